The Hall–Kier alpha value is -1.86. The van der Waals surface area contributed by atoms with Crippen LogP contribution in [0.25, 0.3) is 0 Å². The molecule has 1 amide bonds. The number of nitrogens with zero attached hydrogens (tertiary/aromatic N) is 1. The maximum atomic E-state index is 12.0. The van der Waals surface area contributed by atoms with Crippen LogP contribution in [0.5, 0.6) is 0 Å². The fraction of sp³-hybridized carbons (Fsp3) is 0.467. The van der Waals surface area contributed by atoms with Gasteiger partial charge in [-0.05, 0) is 17.9 Å². The summed E-state index contributed by atoms with van der Waals surface area (Å²) in [4.78, 5) is 16.0. The third-order valence-corrected chi connectivity index (χ3v) is 3.29. The molecular weight excluding hydrogens is 240 g/mol. The summed E-state index contributed by atoms with van der Waals surface area (Å²) in [5.74, 6) is 5.58. The molecule has 0 bridgehead atoms. The second-order valence-electron chi connectivity index (χ2n) is 5.46. The fourth-order valence-corrected chi connectivity index (χ4v) is 1.81. The van der Waals surface area contributed by atoms with Gasteiger partial charge in [0.15, 0.2) is 0 Å². The van der Waals surface area contributed by atoms with E-state index in [0.29, 0.717) is 17.5 Å². The third-order valence-electron chi connectivity index (χ3n) is 3.29. The number of amides is 1. The highest BCUT2D eigenvalue weighted by molar-refractivity contribution is 5.94. The summed E-state index contributed by atoms with van der Waals surface area (Å²) in [5, 5.41) is 11.6. The summed E-state index contributed by atoms with van der Waals surface area (Å²) < 4.78 is 0. The van der Waals surface area contributed by atoms with Gasteiger partial charge in [0.25, 0.3) is 5.91 Å². The van der Waals surface area contributed by atoms with E-state index in [4.69, 9.17) is 5.11 Å². The van der Waals surface area contributed by atoms with Gasteiger partial charge >= 0.3 is 0 Å². The Morgan fingerprint density at radius 1 is 1.58 bits per heavy atom. The molecule has 0 aromatic carbocycles. The number of pyridine rings is 1. The van der Waals surface area contributed by atoms with Gasteiger partial charge in [-0.3, -0.25) is 9.78 Å². The van der Waals surface area contributed by atoms with Crippen molar-refractivity contribution in [3.05, 3.63) is 29.6 Å². The van der Waals surface area contributed by atoms with Gasteiger partial charge in [-0.25, -0.2) is 0 Å². The van der Waals surface area contributed by atoms with Gasteiger partial charge in [-0.1, -0.05) is 25.7 Å². The lowest BCUT2D eigenvalue weighted by atomic mass is 10.1. The molecule has 1 unspecified atom stereocenters. The van der Waals surface area contributed by atoms with Gasteiger partial charge in [-0.2, -0.15) is 0 Å². The van der Waals surface area contributed by atoms with Crippen LogP contribution in [0, 0.1) is 17.3 Å². The van der Waals surface area contributed by atoms with Gasteiger partial charge < -0.3 is 10.4 Å². The largest absolute Gasteiger partial charge is 0.395 e. The van der Waals surface area contributed by atoms with Crippen molar-refractivity contribution in [3.8, 4) is 11.8 Å². The number of hydrogen-bond donors (Lipinski definition) is 2. The van der Waals surface area contributed by atoms with Crippen LogP contribution in [0.4, 0.5) is 0 Å². The molecule has 4 heteroatoms. The van der Waals surface area contributed by atoms with Crippen LogP contribution in [0.2, 0.25) is 0 Å². The molecule has 1 aromatic heterocycles. The molecule has 0 aliphatic heterocycles. The SMILES string of the molecule is CC1(C)CC1NC(=O)c1cncc(C#CCCO)c1. The van der Waals surface area contributed by atoms with Crippen molar-refractivity contribution < 1.29 is 9.90 Å². The number of carbonyl (C=O) groups excluding carboxylic acids is 1. The summed E-state index contributed by atoms with van der Waals surface area (Å²) in [6.45, 7) is 4.30. The van der Waals surface area contributed by atoms with E-state index in [1.54, 1.807) is 18.5 Å². The molecule has 1 fully saturated rings. The van der Waals surface area contributed by atoms with Gasteiger partial charge in [-0.15, -0.1) is 0 Å². The molecule has 1 aliphatic carbocycles. The molecule has 1 heterocycles. The normalized spacial score (nSPS) is 19.2. The van der Waals surface area contributed by atoms with Crippen LogP contribution < -0.4 is 5.32 Å². The summed E-state index contributed by atoms with van der Waals surface area (Å²) in [6.07, 6.45) is 4.60. The Kier molecular flexibility index (Phi) is 3.87. The van der Waals surface area contributed by atoms with Crippen LogP contribution in [0.1, 0.15) is 42.6 Å². The maximum absolute atomic E-state index is 12.0. The van der Waals surface area contributed by atoms with E-state index in [0.717, 1.165) is 6.42 Å². The molecule has 1 saturated carbocycles. The zero-order valence-electron chi connectivity index (χ0n) is 11.2. The first-order valence-electron chi connectivity index (χ1n) is 6.38. The van der Waals surface area contributed by atoms with Crippen molar-refractivity contribution in [1.29, 1.82) is 0 Å². The van der Waals surface area contributed by atoms with Crippen LogP contribution in [0.3, 0.4) is 0 Å². The molecular formula is C15H18N2O2. The van der Waals surface area contributed by atoms with E-state index in [1.807, 2.05) is 0 Å². The van der Waals surface area contributed by atoms with E-state index in [1.165, 1.54) is 0 Å². The lowest BCUT2D eigenvalue weighted by Gasteiger charge is -2.06. The first-order chi connectivity index (χ1) is 9.03. The zero-order valence-corrected chi connectivity index (χ0v) is 11.2. The molecule has 0 radical (unpaired) electrons. The molecule has 100 valence electrons. The number of aliphatic hydroxyl groups is 1. The van der Waals surface area contributed by atoms with Crippen molar-refractivity contribution in [3.63, 3.8) is 0 Å². The Balaban J connectivity index is 2.02. The standard InChI is InChI=1S/C15H18N2O2/c1-15(2)8-13(15)17-14(19)12-7-11(9-16-10-12)5-3-4-6-18/h7,9-10,13,18H,4,6,8H2,1-2H3,(H,17,19). The number of aliphatic hydroxyl groups excluding tert-OH is 1. The van der Waals surface area contributed by atoms with Gasteiger partial charge in [0, 0.05) is 30.4 Å². The Morgan fingerprint density at radius 3 is 2.95 bits per heavy atom. The Morgan fingerprint density at radius 2 is 2.32 bits per heavy atom. The molecule has 19 heavy (non-hydrogen) atoms. The zero-order chi connectivity index (χ0) is 13.9. The molecule has 1 aromatic rings. The van der Waals surface area contributed by atoms with Crippen LogP contribution in [-0.2, 0) is 0 Å². The number of rotatable bonds is 3. The first kappa shape index (κ1) is 13.6. The average molecular weight is 258 g/mol. The van der Waals surface area contributed by atoms with Crippen LogP contribution in [0.15, 0.2) is 18.5 Å². The predicted molar refractivity (Wildman–Crippen MR) is 72.5 cm³/mol. The van der Waals surface area contributed by atoms with Gasteiger partial charge in [0.1, 0.15) is 0 Å². The second kappa shape index (κ2) is 5.41. The molecule has 0 saturated heterocycles. The van der Waals surface area contributed by atoms with Gasteiger partial charge in [0.05, 0.1) is 12.2 Å². The monoisotopic (exact) mass is 258 g/mol. The lowest BCUT2D eigenvalue weighted by Crippen LogP contribution is -2.28. The lowest BCUT2D eigenvalue weighted by molar-refractivity contribution is 0.0946. The van der Waals surface area contributed by atoms with E-state index >= 15 is 0 Å². The van der Waals surface area contributed by atoms with Crippen LogP contribution in [-0.4, -0.2) is 28.6 Å². The fourth-order valence-electron chi connectivity index (χ4n) is 1.81. The smallest absolute Gasteiger partial charge is 0.253 e. The number of nitrogens with one attached hydrogen (secondary N) is 1. The number of aromatic nitrogens is 1. The van der Waals surface area contributed by atoms with Crippen molar-refractivity contribution in [2.45, 2.75) is 32.7 Å². The van der Waals surface area contributed by atoms with Crippen molar-refractivity contribution >= 4 is 5.91 Å². The van der Waals surface area contributed by atoms with E-state index in [2.05, 4.69) is 36.0 Å². The predicted octanol–water partition coefficient (Wildman–Crippen LogP) is 1.34. The summed E-state index contributed by atoms with van der Waals surface area (Å²) in [7, 11) is 0. The molecule has 1 atom stereocenters. The molecule has 1 aliphatic rings. The van der Waals surface area contributed by atoms with E-state index < -0.39 is 0 Å². The molecule has 0 spiro atoms. The van der Waals surface area contributed by atoms with E-state index in [-0.39, 0.29) is 24.0 Å². The molecule has 2 rings (SSSR count). The summed E-state index contributed by atoms with van der Waals surface area (Å²) >= 11 is 0. The third kappa shape index (κ3) is 3.55. The average Bonchev–Trinajstić information content (AvgIpc) is 2.97. The van der Waals surface area contributed by atoms with Crippen molar-refractivity contribution in [2.24, 2.45) is 5.41 Å². The number of carbonyl (C=O) groups is 1. The minimum absolute atomic E-state index is 0.0391. The molecule has 2 N–H and O–H groups in total. The van der Waals surface area contributed by atoms with Crippen molar-refractivity contribution in [2.75, 3.05) is 6.61 Å². The summed E-state index contributed by atoms with van der Waals surface area (Å²) in [5.41, 5.74) is 1.43. The molecule has 4 nitrogen and oxygen atoms in total. The van der Waals surface area contributed by atoms with Gasteiger partial charge in [0.2, 0.25) is 0 Å². The highest BCUT2D eigenvalue weighted by Gasteiger charge is 2.46. The first-order valence-corrected chi connectivity index (χ1v) is 6.38. The maximum Gasteiger partial charge on any atom is 0.253 e. The number of hydrogen-bond acceptors (Lipinski definition) is 3. The van der Waals surface area contributed by atoms with E-state index in [9.17, 15) is 4.79 Å². The Labute approximate surface area is 113 Å². The summed E-state index contributed by atoms with van der Waals surface area (Å²) in [6, 6.07) is 1.98. The van der Waals surface area contributed by atoms with Crippen molar-refractivity contribution in [1.82, 2.24) is 10.3 Å². The Bertz CT molecular complexity index is 541. The highest BCUT2D eigenvalue weighted by atomic mass is 16.2. The quantitative estimate of drug-likeness (QED) is 0.804. The topological polar surface area (TPSA) is 62.2 Å². The minimum Gasteiger partial charge on any atom is -0.395 e. The highest BCUT2D eigenvalue weighted by Crippen LogP contribution is 2.44. The van der Waals surface area contributed by atoms with Crippen LogP contribution >= 0.6 is 0 Å². The minimum atomic E-state index is -0.103. The second-order valence-corrected chi connectivity index (χ2v) is 5.46.